The fourth-order valence-corrected chi connectivity index (χ4v) is 4.41. The molecule has 0 aliphatic carbocycles. The zero-order valence-electron chi connectivity index (χ0n) is 19.3. The van der Waals surface area contributed by atoms with Crippen molar-refractivity contribution in [1.29, 1.82) is 0 Å². The minimum absolute atomic E-state index is 0.0795. The summed E-state index contributed by atoms with van der Waals surface area (Å²) in [6.45, 7) is 3.93. The Kier molecular flexibility index (Phi) is 8.99. The lowest BCUT2D eigenvalue weighted by Gasteiger charge is -2.26. The van der Waals surface area contributed by atoms with E-state index in [1.807, 2.05) is 6.07 Å². The van der Waals surface area contributed by atoms with E-state index in [2.05, 4.69) is 20.3 Å². The number of methoxy groups -OCH3 is 1. The Morgan fingerprint density at radius 3 is 2.59 bits per heavy atom. The molecule has 184 valence electrons. The second-order valence-corrected chi connectivity index (χ2v) is 9.56. The minimum atomic E-state index is -3.80. The van der Waals surface area contributed by atoms with Crippen LogP contribution in [0.15, 0.2) is 47.4 Å². The van der Waals surface area contributed by atoms with E-state index in [-0.39, 0.29) is 28.7 Å². The highest BCUT2D eigenvalue weighted by Gasteiger charge is 2.20. The van der Waals surface area contributed by atoms with Crippen molar-refractivity contribution >= 4 is 27.5 Å². The van der Waals surface area contributed by atoms with Crippen molar-refractivity contribution in [1.82, 2.24) is 14.9 Å². The Balaban J connectivity index is 1.57. The van der Waals surface area contributed by atoms with Crippen molar-refractivity contribution in [2.45, 2.75) is 17.9 Å². The predicted molar refractivity (Wildman–Crippen MR) is 127 cm³/mol. The van der Waals surface area contributed by atoms with Crippen LogP contribution in [-0.2, 0) is 26.1 Å². The van der Waals surface area contributed by atoms with Gasteiger partial charge in [0.2, 0.25) is 15.9 Å². The van der Waals surface area contributed by atoms with Crippen LogP contribution in [0.2, 0.25) is 0 Å². The largest absolute Gasteiger partial charge is 0.495 e. The fourth-order valence-electron chi connectivity index (χ4n) is 3.49. The van der Waals surface area contributed by atoms with E-state index in [0.717, 1.165) is 18.7 Å². The van der Waals surface area contributed by atoms with Crippen LogP contribution in [0.25, 0.3) is 0 Å². The van der Waals surface area contributed by atoms with E-state index >= 15 is 0 Å². The molecule has 1 aliphatic rings. The summed E-state index contributed by atoms with van der Waals surface area (Å²) in [6.07, 6.45) is 0.385. The number of ether oxygens (including phenoxy) is 2. The van der Waals surface area contributed by atoms with E-state index in [4.69, 9.17) is 9.47 Å². The Morgan fingerprint density at radius 1 is 1.12 bits per heavy atom. The second-order valence-electron chi connectivity index (χ2n) is 7.71. The summed E-state index contributed by atoms with van der Waals surface area (Å²) in [5, 5.41) is 5.66. The lowest BCUT2D eigenvalue weighted by molar-refractivity contribution is -0.116. The molecule has 1 saturated heterocycles. The van der Waals surface area contributed by atoms with Gasteiger partial charge >= 0.3 is 0 Å². The Bertz CT molecular complexity index is 1120. The van der Waals surface area contributed by atoms with E-state index in [1.165, 1.54) is 32.4 Å². The number of hydrogen-bond donors (Lipinski definition) is 3. The highest BCUT2D eigenvalue weighted by molar-refractivity contribution is 7.89. The molecule has 3 rings (SSSR count). The van der Waals surface area contributed by atoms with Crippen LogP contribution < -0.4 is 20.1 Å². The minimum Gasteiger partial charge on any atom is -0.495 e. The number of morpholine rings is 1. The van der Waals surface area contributed by atoms with Gasteiger partial charge in [0, 0.05) is 43.9 Å². The number of sulfonamides is 1. The summed E-state index contributed by atoms with van der Waals surface area (Å²) in [5.74, 6) is -0.373. The number of nitrogens with one attached hydrogen (secondary N) is 3. The molecule has 0 saturated carbocycles. The van der Waals surface area contributed by atoms with Gasteiger partial charge in [-0.2, -0.15) is 0 Å². The number of benzene rings is 2. The van der Waals surface area contributed by atoms with E-state index in [1.54, 1.807) is 18.2 Å². The van der Waals surface area contributed by atoms with Crippen LogP contribution in [-0.4, -0.2) is 72.1 Å². The van der Waals surface area contributed by atoms with Crippen molar-refractivity contribution in [3.63, 3.8) is 0 Å². The van der Waals surface area contributed by atoms with Gasteiger partial charge in [0.1, 0.15) is 10.6 Å². The van der Waals surface area contributed by atoms with Gasteiger partial charge in [0.25, 0.3) is 5.91 Å². The Morgan fingerprint density at radius 2 is 1.88 bits per heavy atom. The monoisotopic (exact) mass is 490 g/mol. The third-order valence-corrected chi connectivity index (χ3v) is 6.84. The van der Waals surface area contributed by atoms with E-state index in [0.29, 0.717) is 31.9 Å². The van der Waals surface area contributed by atoms with Crippen molar-refractivity contribution in [3.8, 4) is 5.75 Å². The normalized spacial score (nSPS) is 14.4. The molecule has 34 heavy (non-hydrogen) atoms. The maximum Gasteiger partial charge on any atom is 0.251 e. The van der Waals surface area contributed by atoms with Gasteiger partial charge in [0.15, 0.2) is 0 Å². The van der Waals surface area contributed by atoms with Crippen LogP contribution in [0, 0.1) is 0 Å². The van der Waals surface area contributed by atoms with Crippen LogP contribution >= 0.6 is 0 Å². The molecule has 1 heterocycles. The van der Waals surface area contributed by atoms with Crippen molar-refractivity contribution in [3.05, 3.63) is 53.6 Å². The molecule has 2 aromatic rings. The summed E-state index contributed by atoms with van der Waals surface area (Å²) in [4.78, 5) is 27.0. The maximum atomic E-state index is 12.6. The topological polar surface area (TPSA) is 126 Å². The molecule has 2 aromatic carbocycles. The van der Waals surface area contributed by atoms with Crippen LogP contribution in [0.5, 0.6) is 5.75 Å². The summed E-state index contributed by atoms with van der Waals surface area (Å²) >= 11 is 0. The van der Waals surface area contributed by atoms with Gasteiger partial charge < -0.3 is 20.1 Å². The summed E-state index contributed by atoms with van der Waals surface area (Å²) in [6, 6.07) is 11.4. The molecule has 0 bridgehead atoms. The number of rotatable bonds is 10. The van der Waals surface area contributed by atoms with Gasteiger partial charge in [-0.3, -0.25) is 14.5 Å². The number of carbonyl (C=O) groups is 2. The van der Waals surface area contributed by atoms with Crippen molar-refractivity contribution < 1.29 is 27.5 Å². The molecule has 0 aromatic heterocycles. The first-order valence-corrected chi connectivity index (χ1v) is 12.4. The standard InChI is InChI=1S/C23H30N4O6S/c1-24-34(30,31)21-15-18(6-7-20(21)32-2)23(29)25-16-17-4-3-5-19(14-17)26-22(28)8-9-27-10-12-33-13-11-27/h3-7,14-15,24H,8-13,16H2,1-2H3,(H,25,29)(H,26,28). The Labute approximate surface area is 199 Å². The predicted octanol–water partition coefficient (Wildman–Crippen LogP) is 1.19. The molecular formula is C23H30N4O6S. The molecule has 0 atom stereocenters. The first kappa shape index (κ1) is 25.6. The molecule has 1 fully saturated rings. The number of carbonyl (C=O) groups excluding carboxylic acids is 2. The lowest BCUT2D eigenvalue weighted by atomic mass is 10.1. The van der Waals surface area contributed by atoms with Crippen LogP contribution in [0.3, 0.4) is 0 Å². The van der Waals surface area contributed by atoms with Gasteiger partial charge in [-0.05, 0) is 42.9 Å². The molecule has 0 spiro atoms. The number of anilines is 1. The van der Waals surface area contributed by atoms with Gasteiger partial charge in [-0.1, -0.05) is 12.1 Å². The van der Waals surface area contributed by atoms with Crippen molar-refractivity contribution in [2.24, 2.45) is 0 Å². The quantitative estimate of drug-likeness (QED) is 0.457. The number of hydrogen-bond acceptors (Lipinski definition) is 7. The molecular weight excluding hydrogens is 460 g/mol. The number of nitrogens with zero attached hydrogens (tertiary/aromatic N) is 1. The van der Waals surface area contributed by atoms with Gasteiger partial charge in [0.05, 0.1) is 20.3 Å². The molecule has 0 radical (unpaired) electrons. The molecule has 3 N–H and O–H groups in total. The molecule has 0 unspecified atom stereocenters. The highest BCUT2D eigenvalue weighted by Crippen LogP contribution is 2.24. The number of amides is 2. The lowest BCUT2D eigenvalue weighted by Crippen LogP contribution is -2.38. The first-order chi connectivity index (χ1) is 16.3. The summed E-state index contributed by atoms with van der Waals surface area (Å²) in [7, 11) is -1.15. The summed E-state index contributed by atoms with van der Waals surface area (Å²) in [5.41, 5.74) is 1.61. The molecule has 10 nitrogen and oxygen atoms in total. The average Bonchev–Trinajstić information content (AvgIpc) is 2.86. The van der Waals surface area contributed by atoms with Crippen molar-refractivity contribution in [2.75, 3.05) is 52.3 Å². The summed E-state index contributed by atoms with van der Waals surface area (Å²) < 4.78 is 37.1. The first-order valence-electron chi connectivity index (χ1n) is 10.9. The molecule has 11 heteroatoms. The third kappa shape index (κ3) is 7.00. The van der Waals surface area contributed by atoms with Crippen LogP contribution in [0.4, 0.5) is 5.69 Å². The zero-order valence-corrected chi connectivity index (χ0v) is 20.1. The van der Waals surface area contributed by atoms with E-state index in [9.17, 15) is 18.0 Å². The Hall–Kier alpha value is -2.99. The third-order valence-electron chi connectivity index (χ3n) is 5.41. The zero-order chi connectivity index (χ0) is 24.6. The molecule has 2 amide bonds. The SMILES string of the molecule is CNS(=O)(=O)c1cc(C(=O)NCc2cccc(NC(=O)CCN3CCOCC3)c2)ccc1OC. The van der Waals surface area contributed by atoms with Gasteiger partial charge in [-0.15, -0.1) is 0 Å². The van der Waals surface area contributed by atoms with Gasteiger partial charge in [-0.25, -0.2) is 13.1 Å². The van der Waals surface area contributed by atoms with E-state index < -0.39 is 15.9 Å². The smallest absolute Gasteiger partial charge is 0.251 e. The fraction of sp³-hybridized carbons (Fsp3) is 0.391. The molecule has 1 aliphatic heterocycles. The average molecular weight is 491 g/mol. The maximum absolute atomic E-state index is 12.6. The highest BCUT2D eigenvalue weighted by atomic mass is 32.2. The van der Waals surface area contributed by atoms with Crippen LogP contribution in [0.1, 0.15) is 22.3 Å². The second kappa shape index (κ2) is 11.9.